The average molecular weight is 314 g/mol. The summed E-state index contributed by atoms with van der Waals surface area (Å²) in [4.78, 5) is 0. The third-order valence-electron chi connectivity index (χ3n) is 3.00. The standard InChI is InChI=1S/C14H13N.C4H10.2C2H6/c1-2-15-13-9-5-3-7-11(13)12-8-4-6-10-14(12)15;1-4(2)3;2*1-2/h3-10H,2H2,1H3;4H,1-3H3;2*1-2H3. The maximum atomic E-state index is 2.37. The van der Waals surface area contributed by atoms with Crippen LogP contribution in [-0.4, -0.2) is 4.57 Å². The first-order valence-corrected chi connectivity index (χ1v) is 9.11. The second-order valence-electron chi connectivity index (χ2n) is 5.51. The molecule has 0 radical (unpaired) electrons. The fourth-order valence-corrected chi connectivity index (χ4v) is 2.34. The van der Waals surface area contributed by atoms with Crippen molar-refractivity contribution in [2.45, 2.75) is 61.9 Å². The summed E-state index contributed by atoms with van der Waals surface area (Å²) in [6.45, 7) is 17.7. The molecule has 0 aliphatic carbocycles. The molecular weight excluding hydrogens is 278 g/mol. The number of aryl methyl sites for hydroxylation is 1. The van der Waals surface area contributed by atoms with E-state index in [1.807, 2.05) is 27.7 Å². The Bertz CT molecular complexity index is 606. The van der Waals surface area contributed by atoms with E-state index in [0.717, 1.165) is 12.5 Å². The molecule has 2 aromatic carbocycles. The zero-order chi connectivity index (χ0) is 17.8. The Labute approximate surface area is 143 Å². The molecule has 0 aliphatic rings. The van der Waals surface area contributed by atoms with E-state index in [9.17, 15) is 0 Å². The van der Waals surface area contributed by atoms with E-state index in [1.54, 1.807) is 0 Å². The highest BCUT2D eigenvalue weighted by Crippen LogP contribution is 2.28. The van der Waals surface area contributed by atoms with Crippen LogP contribution in [0.2, 0.25) is 0 Å². The van der Waals surface area contributed by atoms with Crippen LogP contribution in [0.15, 0.2) is 48.5 Å². The zero-order valence-corrected chi connectivity index (χ0v) is 16.4. The number of rotatable bonds is 1. The van der Waals surface area contributed by atoms with Gasteiger partial charge in [0.15, 0.2) is 0 Å². The first-order chi connectivity index (χ1) is 11.1. The van der Waals surface area contributed by atoms with Gasteiger partial charge in [-0.25, -0.2) is 0 Å². The van der Waals surface area contributed by atoms with Crippen LogP contribution in [0, 0.1) is 5.92 Å². The quantitative estimate of drug-likeness (QED) is 0.437. The number of aromatic nitrogens is 1. The van der Waals surface area contributed by atoms with Crippen LogP contribution in [0.4, 0.5) is 0 Å². The van der Waals surface area contributed by atoms with Gasteiger partial charge < -0.3 is 4.57 Å². The van der Waals surface area contributed by atoms with Crippen molar-refractivity contribution in [3.05, 3.63) is 48.5 Å². The van der Waals surface area contributed by atoms with Crippen LogP contribution in [-0.2, 0) is 6.54 Å². The van der Waals surface area contributed by atoms with E-state index >= 15 is 0 Å². The first kappa shape index (κ1) is 21.2. The highest BCUT2D eigenvalue weighted by atomic mass is 15.0. The third kappa shape index (κ3) is 5.74. The fraction of sp³-hybridized carbons (Fsp3) is 0.455. The predicted molar refractivity (Wildman–Crippen MR) is 108 cm³/mol. The number of fused-ring (bicyclic) bond motifs is 3. The Morgan fingerprint density at radius 2 is 1.00 bits per heavy atom. The van der Waals surface area contributed by atoms with Gasteiger partial charge in [-0.3, -0.25) is 0 Å². The summed E-state index contributed by atoms with van der Waals surface area (Å²) >= 11 is 0. The number of benzene rings is 2. The molecule has 0 unspecified atom stereocenters. The molecule has 1 nitrogen and oxygen atoms in total. The van der Waals surface area contributed by atoms with Gasteiger partial charge >= 0.3 is 0 Å². The lowest BCUT2D eigenvalue weighted by molar-refractivity contribution is 0.737. The minimum absolute atomic E-state index is 0.833. The lowest BCUT2D eigenvalue weighted by Crippen LogP contribution is -1.91. The van der Waals surface area contributed by atoms with Crippen molar-refractivity contribution >= 4 is 21.8 Å². The lowest BCUT2D eigenvalue weighted by Gasteiger charge is -2.01. The van der Waals surface area contributed by atoms with Crippen molar-refractivity contribution in [1.82, 2.24) is 4.57 Å². The second kappa shape index (κ2) is 11.8. The van der Waals surface area contributed by atoms with Crippen molar-refractivity contribution in [2.75, 3.05) is 0 Å². The molecule has 128 valence electrons. The Hall–Kier alpha value is -1.76. The van der Waals surface area contributed by atoms with Crippen LogP contribution in [0.5, 0.6) is 0 Å². The maximum absolute atomic E-state index is 2.37. The molecule has 0 saturated heterocycles. The van der Waals surface area contributed by atoms with Crippen molar-refractivity contribution in [2.24, 2.45) is 5.92 Å². The molecule has 0 fully saturated rings. The second-order valence-corrected chi connectivity index (χ2v) is 5.51. The highest BCUT2D eigenvalue weighted by Gasteiger charge is 2.06. The summed E-state index contributed by atoms with van der Waals surface area (Å²) in [6.07, 6.45) is 0. The van der Waals surface area contributed by atoms with Crippen LogP contribution in [0.25, 0.3) is 21.8 Å². The Morgan fingerprint density at radius 1 is 0.696 bits per heavy atom. The topological polar surface area (TPSA) is 4.93 Å². The van der Waals surface area contributed by atoms with Crippen molar-refractivity contribution in [3.8, 4) is 0 Å². The highest BCUT2D eigenvalue weighted by molar-refractivity contribution is 6.07. The molecule has 0 N–H and O–H groups in total. The number of hydrogen-bond acceptors (Lipinski definition) is 0. The smallest absolute Gasteiger partial charge is 0.0491 e. The summed E-state index contributed by atoms with van der Waals surface area (Å²) in [6, 6.07) is 17.2. The van der Waals surface area contributed by atoms with Gasteiger partial charge in [-0.15, -0.1) is 0 Å². The Kier molecular flexibility index (Phi) is 10.9. The number of nitrogens with zero attached hydrogens (tertiary/aromatic N) is 1. The maximum Gasteiger partial charge on any atom is 0.0491 e. The van der Waals surface area contributed by atoms with E-state index in [4.69, 9.17) is 0 Å². The largest absolute Gasteiger partial charge is 0.341 e. The molecule has 1 heterocycles. The lowest BCUT2D eigenvalue weighted by atomic mass is 10.2. The molecule has 0 amide bonds. The van der Waals surface area contributed by atoms with Gasteiger partial charge in [-0.05, 0) is 25.0 Å². The van der Waals surface area contributed by atoms with Crippen molar-refractivity contribution < 1.29 is 0 Å². The third-order valence-corrected chi connectivity index (χ3v) is 3.00. The molecule has 1 heteroatoms. The molecule has 0 atom stereocenters. The summed E-state index contributed by atoms with van der Waals surface area (Å²) in [5.41, 5.74) is 2.67. The summed E-state index contributed by atoms with van der Waals surface area (Å²) in [5, 5.41) is 2.71. The Balaban J connectivity index is 0.000000523. The van der Waals surface area contributed by atoms with Gasteiger partial charge in [-0.2, -0.15) is 0 Å². The SMILES string of the molecule is CC.CC.CC(C)C.CCn1c2ccccc2c2ccccc21. The van der Waals surface area contributed by atoms with Crippen LogP contribution >= 0.6 is 0 Å². The zero-order valence-electron chi connectivity index (χ0n) is 16.4. The molecule has 0 spiro atoms. The summed E-state index contributed by atoms with van der Waals surface area (Å²) in [7, 11) is 0. The normalized spacial score (nSPS) is 9.43. The molecular formula is C22H35N. The van der Waals surface area contributed by atoms with Crippen LogP contribution < -0.4 is 0 Å². The van der Waals surface area contributed by atoms with E-state index in [2.05, 4.69) is 80.8 Å². The average Bonchev–Trinajstić information content (AvgIpc) is 2.92. The van der Waals surface area contributed by atoms with E-state index in [0.29, 0.717) is 0 Å². The molecule has 3 aromatic rings. The molecule has 0 aliphatic heterocycles. The molecule has 3 rings (SSSR count). The fourth-order valence-electron chi connectivity index (χ4n) is 2.34. The van der Waals surface area contributed by atoms with Gasteiger partial charge in [0.25, 0.3) is 0 Å². The van der Waals surface area contributed by atoms with Crippen molar-refractivity contribution in [3.63, 3.8) is 0 Å². The van der Waals surface area contributed by atoms with E-state index in [1.165, 1.54) is 21.8 Å². The molecule has 0 saturated carbocycles. The molecule has 23 heavy (non-hydrogen) atoms. The summed E-state index contributed by atoms with van der Waals surface area (Å²) in [5.74, 6) is 0.833. The van der Waals surface area contributed by atoms with Crippen LogP contribution in [0.1, 0.15) is 55.4 Å². The molecule has 1 aromatic heterocycles. The van der Waals surface area contributed by atoms with Gasteiger partial charge in [0, 0.05) is 28.4 Å². The summed E-state index contributed by atoms with van der Waals surface area (Å²) < 4.78 is 2.37. The van der Waals surface area contributed by atoms with Crippen molar-refractivity contribution in [1.29, 1.82) is 0 Å². The van der Waals surface area contributed by atoms with Crippen LogP contribution in [0.3, 0.4) is 0 Å². The Morgan fingerprint density at radius 3 is 1.30 bits per heavy atom. The monoisotopic (exact) mass is 313 g/mol. The number of para-hydroxylation sites is 2. The van der Waals surface area contributed by atoms with Gasteiger partial charge in [0.2, 0.25) is 0 Å². The molecule has 0 bridgehead atoms. The van der Waals surface area contributed by atoms with Gasteiger partial charge in [0.05, 0.1) is 0 Å². The van der Waals surface area contributed by atoms with E-state index in [-0.39, 0.29) is 0 Å². The van der Waals surface area contributed by atoms with Gasteiger partial charge in [0.1, 0.15) is 0 Å². The van der Waals surface area contributed by atoms with Gasteiger partial charge in [-0.1, -0.05) is 84.9 Å². The predicted octanol–water partition coefficient (Wildman–Crippen LogP) is 7.53. The first-order valence-electron chi connectivity index (χ1n) is 9.11. The minimum atomic E-state index is 0.833. The minimum Gasteiger partial charge on any atom is -0.341 e. The van der Waals surface area contributed by atoms with E-state index < -0.39 is 0 Å². The number of hydrogen-bond donors (Lipinski definition) is 0.